The summed E-state index contributed by atoms with van der Waals surface area (Å²) in [6.45, 7) is 2.85. The van der Waals surface area contributed by atoms with Crippen LogP contribution in [0.1, 0.15) is 27.0 Å². The topological polar surface area (TPSA) is 29.1 Å². The highest BCUT2D eigenvalue weighted by Crippen LogP contribution is 2.16. The van der Waals surface area contributed by atoms with Gasteiger partial charge in [-0.15, -0.1) is 0 Å². The minimum Gasteiger partial charge on any atom is -0.381 e. The number of nitrogens with one attached hydrogen (secondary N) is 1. The van der Waals surface area contributed by atoms with Crippen molar-refractivity contribution in [2.24, 2.45) is 0 Å². The lowest BCUT2D eigenvalue weighted by atomic mass is 10.0. The fraction of sp³-hybridized carbons (Fsp3) is 0.0952. The zero-order valence-corrected chi connectivity index (χ0v) is 13.1. The Bertz CT molecular complexity index is 809. The maximum atomic E-state index is 12.5. The second-order valence-electron chi connectivity index (χ2n) is 5.56. The van der Waals surface area contributed by atoms with Crippen molar-refractivity contribution in [2.45, 2.75) is 13.5 Å². The first-order valence-electron chi connectivity index (χ1n) is 7.72. The van der Waals surface area contributed by atoms with E-state index in [1.807, 2.05) is 66.7 Å². The van der Waals surface area contributed by atoms with Crippen molar-refractivity contribution in [2.75, 3.05) is 5.32 Å². The van der Waals surface area contributed by atoms with Crippen LogP contribution in [0.5, 0.6) is 0 Å². The molecule has 0 radical (unpaired) electrons. The number of aryl methyl sites for hydroxylation is 1. The van der Waals surface area contributed by atoms with E-state index in [4.69, 9.17) is 0 Å². The van der Waals surface area contributed by atoms with Gasteiger partial charge in [0.25, 0.3) is 0 Å². The molecule has 0 unspecified atom stereocenters. The lowest BCUT2D eigenvalue weighted by Gasteiger charge is -2.10. The van der Waals surface area contributed by atoms with Crippen molar-refractivity contribution in [3.63, 3.8) is 0 Å². The van der Waals surface area contributed by atoms with E-state index < -0.39 is 0 Å². The molecule has 0 aliphatic heterocycles. The van der Waals surface area contributed by atoms with Crippen LogP contribution in [-0.4, -0.2) is 5.78 Å². The molecule has 0 aliphatic rings. The lowest BCUT2D eigenvalue weighted by Crippen LogP contribution is -2.04. The summed E-state index contributed by atoms with van der Waals surface area (Å²) >= 11 is 0. The molecule has 3 aromatic carbocycles. The highest BCUT2D eigenvalue weighted by atomic mass is 16.1. The Morgan fingerprint density at radius 1 is 0.826 bits per heavy atom. The number of hydrogen-bond acceptors (Lipinski definition) is 2. The summed E-state index contributed by atoms with van der Waals surface area (Å²) in [6, 6.07) is 25.3. The molecule has 1 N–H and O–H groups in total. The predicted octanol–water partition coefficient (Wildman–Crippen LogP) is 4.84. The van der Waals surface area contributed by atoms with Crippen molar-refractivity contribution < 1.29 is 4.79 Å². The summed E-state index contributed by atoms with van der Waals surface area (Å²) < 4.78 is 0. The van der Waals surface area contributed by atoms with E-state index >= 15 is 0 Å². The molecule has 0 fully saturated rings. The molecule has 0 saturated heterocycles. The molecule has 114 valence electrons. The molecule has 0 atom stereocenters. The number of hydrogen-bond donors (Lipinski definition) is 1. The average Bonchev–Trinajstić information content (AvgIpc) is 2.61. The molecule has 2 heteroatoms. The van der Waals surface area contributed by atoms with E-state index in [0.717, 1.165) is 12.2 Å². The summed E-state index contributed by atoms with van der Waals surface area (Å²) in [5, 5.41) is 3.40. The maximum Gasteiger partial charge on any atom is 0.193 e. The maximum absolute atomic E-state index is 12.5. The van der Waals surface area contributed by atoms with Crippen molar-refractivity contribution in [3.8, 4) is 0 Å². The van der Waals surface area contributed by atoms with Crippen LogP contribution in [0.15, 0.2) is 78.9 Å². The molecular formula is C21H19NO. The molecule has 0 saturated carbocycles. The van der Waals surface area contributed by atoms with Gasteiger partial charge in [0, 0.05) is 23.4 Å². The number of carbonyl (C=O) groups excluding carboxylic acids is 1. The van der Waals surface area contributed by atoms with Crippen LogP contribution < -0.4 is 5.32 Å². The summed E-state index contributed by atoms with van der Waals surface area (Å²) in [4.78, 5) is 12.5. The minimum atomic E-state index is 0.0464. The Labute approximate surface area is 136 Å². The Balaban J connectivity index is 1.75. The van der Waals surface area contributed by atoms with Gasteiger partial charge in [0.1, 0.15) is 0 Å². The third kappa shape index (κ3) is 3.67. The van der Waals surface area contributed by atoms with Gasteiger partial charge in [0.05, 0.1) is 0 Å². The fourth-order valence-electron chi connectivity index (χ4n) is 2.53. The van der Waals surface area contributed by atoms with E-state index in [1.54, 1.807) is 0 Å². The second-order valence-corrected chi connectivity index (χ2v) is 5.56. The highest BCUT2D eigenvalue weighted by Gasteiger charge is 2.08. The zero-order valence-electron chi connectivity index (χ0n) is 13.1. The van der Waals surface area contributed by atoms with E-state index in [-0.39, 0.29) is 5.78 Å². The quantitative estimate of drug-likeness (QED) is 0.683. The molecule has 0 aliphatic carbocycles. The van der Waals surface area contributed by atoms with Crippen molar-refractivity contribution in [1.82, 2.24) is 0 Å². The second kappa shape index (κ2) is 6.93. The largest absolute Gasteiger partial charge is 0.381 e. The van der Waals surface area contributed by atoms with Crippen LogP contribution >= 0.6 is 0 Å². The van der Waals surface area contributed by atoms with Gasteiger partial charge in [-0.25, -0.2) is 0 Å². The molecule has 3 aromatic rings. The number of rotatable bonds is 5. The molecule has 0 aromatic heterocycles. The molecule has 2 nitrogen and oxygen atoms in total. The number of ketones is 1. The van der Waals surface area contributed by atoms with Gasteiger partial charge in [0.15, 0.2) is 5.78 Å². The first kappa shape index (κ1) is 15.0. The van der Waals surface area contributed by atoms with Crippen LogP contribution in [0.3, 0.4) is 0 Å². The summed E-state index contributed by atoms with van der Waals surface area (Å²) in [5.74, 6) is 0.0464. The first-order valence-corrected chi connectivity index (χ1v) is 7.72. The van der Waals surface area contributed by atoms with Gasteiger partial charge >= 0.3 is 0 Å². The standard InChI is InChI=1S/C21H19NO/c1-16-8-5-6-11-19(16)15-22-20-13-7-12-18(14-20)21(23)17-9-3-2-4-10-17/h2-14,22H,15H2,1H3. The third-order valence-electron chi connectivity index (χ3n) is 3.90. The van der Waals surface area contributed by atoms with Crippen LogP contribution in [0, 0.1) is 6.92 Å². The van der Waals surface area contributed by atoms with E-state index in [2.05, 4.69) is 24.4 Å². The van der Waals surface area contributed by atoms with E-state index in [0.29, 0.717) is 11.1 Å². The lowest BCUT2D eigenvalue weighted by molar-refractivity contribution is 0.103. The van der Waals surface area contributed by atoms with Crippen molar-refractivity contribution >= 4 is 11.5 Å². The first-order chi connectivity index (χ1) is 11.2. The van der Waals surface area contributed by atoms with Crippen LogP contribution in [0.4, 0.5) is 5.69 Å². The number of benzene rings is 3. The zero-order chi connectivity index (χ0) is 16.1. The van der Waals surface area contributed by atoms with E-state index in [9.17, 15) is 4.79 Å². The van der Waals surface area contributed by atoms with E-state index in [1.165, 1.54) is 11.1 Å². The predicted molar refractivity (Wildman–Crippen MR) is 94.8 cm³/mol. The summed E-state index contributed by atoms with van der Waals surface area (Å²) in [6.07, 6.45) is 0. The molecule has 0 heterocycles. The van der Waals surface area contributed by atoms with Gasteiger partial charge in [-0.3, -0.25) is 4.79 Å². The Hall–Kier alpha value is -2.87. The van der Waals surface area contributed by atoms with Crippen LogP contribution in [-0.2, 0) is 6.54 Å². The summed E-state index contributed by atoms with van der Waals surface area (Å²) in [7, 11) is 0. The SMILES string of the molecule is Cc1ccccc1CNc1cccc(C(=O)c2ccccc2)c1. The molecular weight excluding hydrogens is 282 g/mol. The minimum absolute atomic E-state index is 0.0464. The van der Waals surface area contributed by atoms with Crippen LogP contribution in [0.25, 0.3) is 0 Å². The Kier molecular flexibility index (Phi) is 4.53. The molecule has 0 spiro atoms. The molecule has 0 bridgehead atoms. The van der Waals surface area contributed by atoms with Gasteiger partial charge < -0.3 is 5.32 Å². The highest BCUT2D eigenvalue weighted by molar-refractivity contribution is 6.09. The Morgan fingerprint density at radius 3 is 2.30 bits per heavy atom. The van der Waals surface area contributed by atoms with Gasteiger partial charge in [-0.05, 0) is 30.2 Å². The monoisotopic (exact) mass is 301 g/mol. The third-order valence-corrected chi connectivity index (χ3v) is 3.90. The van der Waals surface area contributed by atoms with Gasteiger partial charge in [-0.2, -0.15) is 0 Å². The number of carbonyl (C=O) groups is 1. The van der Waals surface area contributed by atoms with Gasteiger partial charge in [-0.1, -0.05) is 66.7 Å². The van der Waals surface area contributed by atoms with Gasteiger partial charge in [0.2, 0.25) is 0 Å². The molecule has 23 heavy (non-hydrogen) atoms. The summed E-state index contributed by atoms with van der Waals surface area (Å²) in [5.41, 5.74) is 4.88. The Morgan fingerprint density at radius 2 is 1.52 bits per heavy atom. The number of anilines is 1. The van der Waals surface area contributed by atoms with Crippen molar-refractivity contribution in [3.05, 3.63) is 101 Å². The molecule has 0 amide bonds. The van der Waals surface area contributed by atoms with Crippen LogP contribution in [0.2, 0.25) is 0 Å². The normalized spacial score (nSPS) is 10.3. The fourth-order valence-corrected chi connectivity index (χ4v) is 2.53. The van der Waals surface area contributed by atoms with Crippen molar-refractivity contribution in [1.29, 1.82) is 0 Å². The smallest absolute Gasteiger partial charge is 0.193 e. The molecule has 3 rings (SSSR count). The average molecular weight is 301 g/mol.